The van der Waals surface area contributed by atoms with Gasteiger partial charge in [-0.1, -0.05) is 13.8 Å². The van der Waals surface area contributed by atoms with Gasteiger partial charge in [-0.15, -0.1) is 0 Å². The molecule has 2 N–H and O–H groups in total. The zero-order valence-electron chi connectivity index (χ0n) is 6.59. The fourth-order valence-corrected chi connectivity index (χ4v) is 0.560. The second-order valence-electron chi connectivity index (χ2n) is 2.53. The molecule has 0 aromatic rings. The minimum atomic E-state index is -0.308. The number of hydrazine groups is 1. The summed E-state index contributed by atoms with van der Waals surface area (Å²) in [5.41, 5.74) is 2.31. The molecule has 0 bridgehead atoms. The van der Waals surface area contributed by atoms with Crippen LogP contribution in [0.5, 0.6) is 0 Å². The summed E-state index contributed by atoms with van der Waals surface area (Å²) in [7, 11) is 1.48. The van der Waals surface area contributed by atoms with Crippen molar-refractivity contribution in [2.45, 2.75) is 20.3 Å². The molecule has 0 spiro atoms. The van der Waals surface area contributed by atoms with Crippen LogP contribution in [0.15, 0.2) is 0 Å². The molecule has 0 saturated carbocycles. The molecular weight excluding hydrogens is 132 g/mol. The monoisotopic (exact) mass is 146 g/mol. The van der Waals surface area contributed by atoms with Gasteiger partial charge < -0.3 is 0 Å². The van der Waals surface area contributed by atoms with Crippen molar-refractivity contribution in [2.24, 2.45) is 5.92 Å². The average Bonchev–Trinajstić information content (AvgIpc) is 1.85. The van der Waals surface area contributed by atoms with Crippen LogP contribution in [0.25, 0.3) is 0 Å². The van der Waals surface area contributed by atoms with Crippen molar-refractivity contribution >= 4 is 5.91 Å². The van der Waals surface area contributed by atoms with Crippen molar-refractivity contribution in [3.05, 3.63) is 0 Å². The van der Waals surface area contributed by atoms with Crippen molar-refractivity contribution in [2.75, 3.05) is 7.05 Å². The summed E-state index contributed by atoms with van der Waals surface area (Å²) in [5, 5.41) is 9.25. The second-order valence-corrected chi connectivity index (χ2v) is 2.53. The van der Waals surface area contributed by atoms with Gasteiger partial charge in [0.2, 0.25) is 0 Å². The van der Waals surface area contributed by atoms with Crippen LogP contribution in [0.1, 0.15) is 20.3 Å². The Bertz CT molecular complexity index is 114. The van der Waals surface area contributed by atoms with Gasteiger partial charge in [0, 0.05) is 13.5 Å². The molecule has 1 amide bonds. The van der Waals surface area contributed by atoms with E-state index in [1.807, 2.05) is 13.8 Å². The van der Waals surface area contributed by atoms with Gasteiger partial charge in [0.25, 0.3) is 5.91 Å². The Labute approximate surface area is 60.8 Å². The van der Waals surface area contributed by atoms with Crippen molar-refractivity contribution in [3.8, 4) is 0 Å². The third-order valence-corrected chi connectivity index (χ3v) is 1.03. The first-order chi connectivity index (χ1) is 4.57. The van der Waals surface area contributed by atoms with Crippen LogP contribution in [0.3, 0.4) is 0 Å². The minimum absolute atomic E-state index is 0.274. The highest BCUT2D eigenvalue weighted by Crippen LogP contribution is 2.00. The predicted molar refractivity (Wildman–Crippen MR) is 37.1 cm³/mol. The molecule has 0 atom stereocenters. The van der Waals surface area contributed by atoms with E-state index >= 15 is 0 Å². The van der Waals surface area contributed by atoms with E-state index in [-0.39, 0.29) is 11.8 Å². The average molecular weight is 146 g/mol. The second kappa shape index (κ2) is 4.24. The number of nitrogens with zero attached hydrogens (tertiary/aromatic N) is 1. The van der Waals surface area contributed by atoms with E-state index in [4.69, 9.17) is 5.21 Å². The molecule has 0 heterocycles. The number of nitrogens with one attached hydrogen (secondary N) is 1. The van der Waals surface area contributed by atoms with Gasteiger partial charge >= 0.3 is 0 Å². The minimum Gasteiger partial charge on any atom is -0.271 e. The number of rotatable bonds is 3. The van der Waals surface area contributed by atoms with Gasteiger partial charge in [0.1, 0.15) is 0 Å². The number of hydroxylamine groups is 1. The fourth-order valence-electron chi connectivity index (χ4n) is 0.560. The largest absolute Gasteiger partial charge is 0.271 e. The van der Waals surface area contributed by atoms with Gasteiger partial charge in [-0.25, -0.2) is 5.43 Å². The van der Waals surface area contributed by atoms with E-state index < -0.39 is 0 Å². The molecule has 0 unspecified atom stereocenters. The lowest BCUT2D eigenvalue weighted by molar-refractivity contribution is -0.178. The molecule has 10 heavy (non-hydrogen) atoms. The van der Waals surface area contributed by atoms with Crippen molar-refractivity contribution in [3.63, 3.8) is 0 Å². The lowest BCUT2D eigenvalue weighted by Crippen LogP contribution is -2.37. The lowest BCUT2D eigenvalue weighted by atomic mass is 10.1. The molecule has 0 aromatic heterocycles. The summed E-state index contributed by atoms with van der Waals surface area (Å²) in [6.45, 7) is 3.84. The van der Waals surface area contributed by atoms with Crippen LogP contribution in [0, 0.1) is 5.92 Å². The van der Waals surface area contributed by atoms with E-state index in [0.717, 1.165) is 0 Å². The van der Waals surface area contributed by atoms with E-state index in [0.29, 0.717) is 11.6 Å². The standard InChI is InChI=1S/C6H14N2O2/c1-5(2)4-6(9)8(10)7-3/h5,7,10H,4H2,1-3H3. The summed E-state index contributed by atoms with van der Waals surface area (Å²) in [4.78, 5) is 10.8. The molecule has 0 fully saturated rings. The van der Waals surface area contributed by atoms with Crippen molar-refractivity contribution < 1.29 is 10.0 Å². The number of hydrogen-bond acceptors (Lipinski definition) is 3. The summed E-state index contributed by atoms with van der Waals surface area (Å²) < 4.78 is 0. The summed E-state index contributed by atoms with van der Waals surface area (Å²) in [6, 6.07) is 0. The maximum Gasteiger partial charge on any atom is 0.261 e. The fraction of sp³-hybridized carbons (Fsp3) is 0.833. The maximum absolute atomic E-state index is 10.8. The zero-order chi connectivity index (χ0) is 8.15. The Morgan fingerprint density at radius 2 is 2.20 bits per heavy atom. The lowest BCUT2D eigenvalue weighted by Gasteiger charge is -2.13. The zero-order valence-corrected chi connectivity index (χ0v) is 6.59. The Balaban J connectivity index is 3.62. The van der Waals surface area contributed by atoms with E-state index in [1.54, 1.807) is 0 Å². The molecule has 4 heteroatoms. The first-order valence-corrected chi connectivity index (χ1v) is 3.27. The van der Waals surface area contributed by atoms with Crippen LogP contribution >= 0.6 is 0 Å². The SMILES string of the molecule is CNN(O)C(=O)CC(C)C. The van der Waals surface area contributed by atoms with Gasteiger partial charge in [-0.3, -0.25) is 10.0 Å². The number of hydrogen-bond donors (Lipinski definition) is 2. The Kier molecular flexibility index (Phi) is 3.99. The normalized spacial score (nSPS) is 10.1. The smallest absolute Gasteiger partial charge is 0.261 e. The molecule has 0 aliphatic carbocycles. The third-order valence-electron chi connectivity index (χ3n) is 1.03. The summed E-state index contributed by atoms with van der Waals surface area (Å²) in [6.07, 6.45) is 0.358. The predicted octanol–water partition coefficient (Wildman–Crippen LogP) is 0.385. The van der Waals surface area contributed by atoms with E-state index in [9.17, 15) is 4.79 Å². The first kappa shape index (κ1) is 9.39. The highest BCUT2D eigenvalue weighted by molar-refractivity contribution is 5.74. The number of amides is 1. The van der Waals surface area contributed by atoms with Crippen LogP contribution in [-0.2, 0) is 4.79 Å². The highest BCUT2D eigenvalue weighted by atomic mass is 16.6. The van der Waals surface area contributed by atoms with Crippen LogP contribution in [-0.4, -0.2) is 23.3 Å². The Hall–Kier alpha value is -0.610. The molecule has 0 aliphatic rings. The van der Waals surface area contributed by atoms with Crippen molar-refractivity contribution in [1.29, 1.82) is 0 Å². The number of carbonyl (C=O) groups excluding carboxylic acids is 1. The molecule has 4 nitrogen and oxygen atoms in total. The molecule has 0 rings (SSSR count). The van der Waals surface area contributed by atoms with Gasteiger partial charge in [0.15, 0.2) is 0 Å². The van der Waals surface area contributed by atoms with Gasteiger partial charge in [-0.05, 0) is 5.92 Å². The third kappa shape index (κ3) is 3.42. The molecule has 0 aromatic carbocycles. The van der Waals surface area contributed by atoms with E-state index in [2.05, 4.69) is 5.43 Å². The van der Waals surface area contributed by atoms with Crippen molar-refractivity contribution in [1.82, 2.24) is 10.6 Å². The van der Waals surface area contributed by atoms with Gasteiger partial charge in [-0.2, -0.15) is 5.17 Å². The molecule has 60 valence electrons. The van der Waals surface area contributed by atoms with Crippen LogP contribution < -0.4 is 5.43 Å². The quantitative estimate of drug-likeness (QED) is 0.447. The topological polar surface area (TPSA) is 52.6 Å². The highest BCUT2D eigenvalue weighted by Gasteiger charge is 2.09. The maximum atomic E-state index is 10.8. The van der Waals surface area contributed by atoms with Crippen LogP contribution in [0.4, 0.5) is 0 Å². The molecular formula is C6H14N2O2. The van der Waals surface area contributed by atoms with Gasteiger partial charge in [0.05, 0.1) is 0 Å². The Morgan fingerprint density at radius 1 is 1.70 bits per heavy atom. The molecule has 0 aliphatic heterocycles. The number of carbonyl (C=O) groups is 1. The summed E-state index contributed by atoms with van der Waals surface area (Å²) in [5.74, 6) is -0.0343. The summed E-state index contributed by atoms with van der Waals surface area (Å²) >= 11 is 0. The first-order valence-electron chi connectivity index (χ1n) is 3.27. The molecule has 0 saturated heterocycles. The Morgan fingerprint density at radius 3 is 2.50 bits per heavy atom. The molecule has 0 radical (unpaired) electrons. The van der Waals surface area contributed by atoms with E-state index in [1.165, 1.54) is 7.05 Å². The van der Waals surface area contributed by atoms with Crippen LogP contribution in [0.2, 0.25) is 0 Å².